The molecule has 2 fully saturated rings. The molecule has 3 rings (SSSR count). The van der Waals surface area contributed by atoms with E-state index in [9.17, 15) is 4.79 Å². The van der Waals surface area contributed by atoms with Gasteiger partial charge < -0.3 is 21.3 Å². The number of nitrogens with two attached hydrogens (primary N) is 1. The zero-order valence-corrected chi connectivity index (χ0v) is 12.3. The van der Waals surface area contributed by atoms with Gasteiger partial charge in [-0.25, -0.2) is 4.98 Å². The highest BCUT2D eigenvalue weighted by atomic mass is 32.1. The van der Waals surface area contributed by atoms with E-state index in [-0.39, 0.29) is 11.9 Å². The van der Waals surface area contributed by atoms with Crippen molar-refractivity contribution in [3.63, 3.8) is 0 Å². The number of aromatic nitrogens is 1. The van der Waals surface area contributed by atoms with Crippen LogP contribution in [0.25, 0.3) is 0 Å². The molecule has 110 valence electrons. The maximum atomic E-state index is 12.3. The SMILES string of the molecule is Nc1nc(N2CCCC2)sc1C(=O)NC1CCNCC1. The van der Waals surface area contributed by atoms with Crippen molar-refractivity contribution >= 4 is 28.2 Å². The molecule has 2 saturated heterocycles. The molecule has 0 atom stereocenters. The van der Waals surface area contributed by atoms with Gasteiger partial charge in [0.2, 0.25) is 0 Å². The molecule has 7 heteroatoms. The first-order valence-corrected chi connectivity index (χ1v) is 8.08. The van der Waals surface area contributed by atoms with E-state index in [2.05, 4.69) is 20.5 Å². The summed E-state index contributed by atoms with van der Waals surface area (Å²) >= 11 is 1.42. The fraction of sp³-hybridized carbons (Fsp3) is 0.692. The molecule has 1 amide bonds. The van der Waals surface area contributed by atoms with E-state index in [0.29, 0.717) is 10.7 Å². The van der Waals surface area contributed by atoms with Crippen LogP contribution < -0.4 is 21.3 Å². The number of anilines is 2. The second-order valence-corrected chi connectivity index (χ2v) is 6.38. The smallest absolute Gasteiger partial charge is 0.265 e. The van der Waals surface area contributed by atoms with Crippen molar-refractivity contribution in [1.29, 1.82) is 0 Å². The number of nitrogen functional groups attached to an aromatic ring is 1. The molecule has 20 heavy (non-hydrogen) atoms. The number of carbonyl (C=O) groups is 1. The van der Waals surface area contributed by atoms with E-state index in [1.807, 2.05) is 0 Å². The second kappa shape index (κ2) is 5.97. The van der Waals surface area contributed by atoms with Gasteiger partial charge in [-0.15, -0.1) is 0 Å². The fourth-order valence-electron chi connectivity index (χ4n) is 2.74. The quantitative estimate of drug-likeness (QED) is 0.768. The minimum absolute atomic E-state index is 0.0719. The zero-order chi connectivity index (χ0) is 13.9. The number of hydrogen-bond donors (Lipinski definition) is 3. The van der Waals surface area contributed by atoms with E-state index >= 15 is 0 Å². The highest BCUT2D eigenvalue weighted by molar-refractivity contribution is 7.18. The van der Waals surface area contributed by atoms with Crippen LogP contribution in [0.15, 0.2) is 0 Å². The summed E-state index contributed by atoms with van der Waals surface area (Å²) in [4.78, 5) is 19.4. The molecule has 4 N–H and O–H groups in total. The largest absolute Gasteiger partial charge is 0.382 e. The van der Waals surface area contributed by atoms with Crippen molar-refractivity contribution in [2.45, 2.75) is 31.7 Å². The van der Waals surface area contributed by atoms with E-state index in [1.54, 1.807) is 0 Å². The Labute approximate surface area is 122 Å². The Morgan fingerprint density at radius 1 is 1.35 bits per heavy atom. The Kier molecular flexibility index (Phi) is 4.07. The highest BCUT2D eigenvalue weighted by Crippen LogP contribution is 2.30. The van der Waals surface area contributed by atoms with Crippen molar-refractivity contribution in [3.8, 4) is 0 Å². The third-order valence-corrected chi connectivity index (χ3v) is 5.03. The van der Waals surface area contributed by atoms with E-state index in [4.69, 9.17) is 5.73 Å². The van der Waals surface area contributed by atoms with Gasteiger partial charge in [0.05, 0.1) is 0 Å². The molecular weight excluding hydrogens is 274 g/mol. The lowest BCUT2D eigenvalue weighted by Crippen LogP contribution is -2.42. The Bertz CT molecular complexity index is 477. The molecule has 0 radical (unpaired) electrons. The van der Waals surface area contributed by atoms with Gasteiger partial charge in [0.25, 0.3) is 5.91 Å². The van der Waals surface area contributed by atoms with Gasteiger partial charge >= 0.3 is 0 Å². The molecular formula is C13H21N5OS. The predicted molar refractivity (Wildman–Crippen MR) is 81.3 cm³/mol. The lowest BCUT2D eigenvalue weighted by Gasteiger charge is -2.23. The first-order valence-electron chi connectivity index (χ1n) is 7.27. The van der Waals surface area contributed by atoms with Crippen molar-refractivity contribution < 1.29 is 4.79 Å². The molecule has 0 bridgehead atoms. The van der Waals surface area contributed by atoms with Crippen LogP contribution in [-0.4, -0.2) is 43.1 Å². The number of amides is 1. The molecule has 2 aliphatic rings. The first-order chi connectivity index (χ1) is 9.74. The van der Waals surface area contributed by atoms with Crippen LogP contribution in [0.1, 0.15) is 35.4 Å². The topological polar surface area (TPSA) is 83.3 Å². The van der Waals surface area contributed by atoms with Gasteiger partial charge in [0.15, 0.2) is 5.13 Å². The third kappa shape index (κ3) is 2.88. The number of nitrogens with zero attached hydrogens (tertiary/aromatic N) is 2. The van der Waals surface area contributed by atoms with Gasteiger partial charge in [0, 0.05) is 19.1 Å². The summed E-state index contributed by atoms with van der Waals surface area (Å²) in [6, 6.07) is 0.250. The van der Waals surface area contributed by atoms with Crippen LogP contribution in [0.4, 0.5) is 10.9 Å². The average molecular weight is 295 g/mol. The molecule has 0 unspecified atom stereocenters. The number of thiazole rings is 1. The summed E-state index contributed by atoms with van der Waals surface area (Å²) in [5, 5.41) is 7.25. The van der Waals surface area contributed by atoms with Crippen molar-refractivity contribution in [3.05, 3.63) is 4.88 Å². The standard InChI is InChI=1S/C13H21N5OS/c14-11-10(12(19)16-9-3-5-15-6-4-9)20-13(17-11)18-7-1-2-8-18/h9,15H,1-8,14H2,(H,16,19). The maximum absolute atomic E-state index is 12.3. The maximum Gasteiger partial charge on any atom is 0.265 e. The lowest BCUT2D eigenvalue weighted by atomic mass is 10.1. The summed E-state index contributed by atoms with van der Waals surface area (Å²) in [5.74, 6) is 0.292. The fourth-order valence-corrected chi connectivity index (χ4v) is 3.68. The summed E-state index contributed by atoms with van der Waals surface area (Å²) < 4.78 is 0. The van der Waals surface area contributed by atoms with Crippen LogP contribution in [-0.2, 0) is 0 Å². The first kappa shape index (κ1) is 13.6. The lowest BCUT2D eigenvalue weighted by molar-refractivity contribution is 0.0934. The van der Waals surface area contributed by atoms with Crippen LogP contribution in [0, 0.1) is 0 Å². The van der Waals surface area contributed by atoms with E-state index in [1.165, 1.54) is 24.2 Å². The predicted octanol–water partition coefficient (Wildman–Crippen LogP) is 0.807. The van der Waals surface area contributed by atoms with Crippen molar-refractivity contribution in [2.75, 3.05) is 36.8 Å². The summed E-state index contributed by atoms with van der Waals surface area (Å²) in [6.45, 7) is 3.95. The number of nitrogens with one attached hydrogen (secondary N) is 2. The van der Waals surface area contributed by atoms with E-state index in [0.717, 1.165) is 44.2 Å². The number of carbonyl (C=O) groups excluding carboxylic acids is 1. The van der Waals surface area contributed by atoms with Crippen LogP contribution >= 0.6 is 11.3 Å². The van der Waals surface area contributed by atoms with Crippen molar-refractivity contribution in [2.24, 2.45) is 0 Å². The number of rotatable bonds is 3. The molecule has 0 aliphatic carbocycles. The molecule has 0 saturated carbocycles. The third-order valence-electron chi connectivity index (χ3n) is 3.90. The second-order valence-electron chi connectivity index (χ2n) is 5.40. The van der Waals surface area contributed by atoms with Crippen molar-refractivity contribution in [1.82, 2.24) is 15.6 Å². The molecule has 1 aromatic heterocycles. The average Bonchev–Trinajstić information content (AvgIpc) is 3.08. The molecule has 6 nitrogen and oxygen atoms in total. The van der Waals surface area contributed by atoms with Crippen LogP contribution in [0.2, 0.25) is 0 Å². The molecule has 0 aromatic carbocycles. The molecule has 2 aliphatic heterocycles. The van der Waals surface area contributed by atoms with Gasteiger partial charge in [-0.3, -0.25) is 4.79 Å². The minimum Gasteiger partial charge on any atom is -0.382 e. The Balaban J connectivity index is 1.67. The molecule has 3 heterocycles. The normalized spacial score (nSPS) is 20.3. The monoisotopic (exact) mass is 295 g/mol. The van der Waals surface area contributed by atoms with Gasteiger partial charge in [0.1, 0.15) is 10.7 Å². The minimum atomic E-state index is -0.0719. The highest BCUT2D eigenvalue weighted by Gasteiger charge is 2.23. The van der Waals surface area contributed by atoms with Crippen LogP contribution in [0.5, 0.6) is 0 Å². The zero-order valence-electron chi connectivity index (χ0n) is 11.5. The number of piperidine rings is 1. The Hall–Kier alpha value is -1.34. The van der Waals surface area contributed by atoms with Gasteiger partial charge in [-0.1, -0.05) is 11.3 Å². The summed E-state index contributed by atoms with van der Waals surface area (Å²) in [5.41, 5.74) is 5.91. The summed E-state index contributed by atoms with van der Waals surface area (Å²) in [6.07, 6.45) is 4.33. The Morgan fingerprint density at radius 2 is 2.05 bits per heavy atom. The summed E-state index contributed by atoms with van der Waals surface area (Å²) in [7, 11) is 0. The Morgan fingerprint density at radius 3 is 2.75 bits per heavy atom. The van der Waals surface area contributed by atoms with Gasteiger partial charge in [-0.2, -0.15) is 0 Å². The molecule has 0 spiro atoms. The molecule has 1 aromatic rings. The van der Waals surface area contributed by atoms with Gasteiger partial charge in [-0.05, 0) is 38.8 Å². The number of hydrogen-bond acceptors (Lipinski definition) is 6. The van der Waals surface area contributed by atoms with E-state index < -0.39 is 0 Å². The van der Waals surface area contributed by atoms with Crippen LogP contribution in [0.3, 0.4) is 0 Å².